The predicted molar refractivity (Wildman–Crippen MR) is 116 cm³/mol. The van der Waals surface area contributed by atoms with Gasteiger partial charge in [0, 0.05) is 32.3 Å². The van der Waals surface area contributed by atoms with Crippen LogP contribution in [-0.4, -0.2) is 52.5 Å². The molecule has 11 heteroatoms. The summed E-state index contributed by atoms with van der Waals surface area (Å²) in [7, 11) is 1.50. The Balaban J connectivity index is 1.34. The molecule has 0 bridgehead atoms. The highest BCUT2D eigenvalue weighted by molar-refractivity contribution is 7.19. The van der Waals surface area contributed by atoms with Gasteiger partial charge < -0.3 is 15.0 Å². The van der Waals surface area contributed by atoms with Gasteiger partial charge in [0.2, 0.25) is 10.3 Å². The molecule has 2 aromatic heterocycles. The van der Waals surface area contributed by atoms with Crippen LogP contribution in [0.2, 0.25) is 5.02 Å². The zero-order valence-electron chi connectivity index (χ0n) is 16.2. The lowest BCUT2D eigenvalue weighted by atomic mass is 10.1. The largest absolute Gasteiger partial charge is 0.367 e. The summed E-state index contributed by atoms with van der Waals surface area (Å²) in [5, 5.41) is 24.0. The molecule has 1 fully saturated rings. The number of benzene rings is 1. The van der Waals surface area contributed by atoms with Crippen molar-refractivity contribution in [1.82, 2.24) is 20.4 Å². The van der Waals surface area contributed by atoms with Crippen LogP contribution in [0.25, 0.3) is 0 Å². The maximum Gasteiger partial charge on any atom is 0.259 e. The highest BCUT2D eigenvalue weighted by Crippen LogP contribution is 2.26. The van der Waals surface area contributed by atoms with E-state index in [-0.39, 0.29) is 11.9 Å². The SMILES string of the molecule is COC(C(=O)Nc1nnc(N[C@@H]2CCN(c3cc(Cl)cnn3)C2)s1)c1ccccc1. The Kier molecular flexibility index (Phi) is 6.36. The van der Waals surface area contributed by atoms with Gasteiger partial charge in [-0.25, -0.2) is 0 Å². The summed E-state index contributed by atoms with van der Waals surface area (Å²) in [6, 6.07) is 11.3. The maximum absolute atomic E-state index is 12.6. The lowest BCUT2D eigenvalue weighted by Gasteiger charge is -2.17. The van der Waals surface area contributed by atoms with Crippen LogP contribution in [0.15, 0.2) is 42.6 Å². The standard InChI is InChI=1S/C19H20ClN7O2S/c1-29-16(12-5-3-2-4-6-12)17(28)23-19-26-25-18(30-19)22-14-7-8-27(11-14)15-9-13(20)10-21-24-15/h2-6,9-10,14,16H,7-8,11H2,1H3,(H,22,25)(H,23,26,28)/t14-,16?/m1/s1. The fourth-order valence-corrected chi connectivity index (χ4v) is 4.14. The number of nitrogens with one attached hydrogen (secondary N) is 2. The van der Waals surface area contributed by atoms with E-state index in [1.165, 1.54) is 24.6 Å². The van der Waals surface area contributed by atoms with Crippen LogP contribution in [0.3, 0.4) is 0 Å². The summed E-state index contributed by atoms with van der Waals surface area (Å²) in [5.74, 6) is 0.460. The molecule has 9 nitrogen and oxygen atoms in total. The van der Waals surface area contributed by atoms with Gasteiger partial charge in [-0.3, -0.25) is 10.1 Å². The molecule has 30 heavy (non-hydrogen) atoms. The molecule has 4 rings (SSSR count). The number of hydrogen-bond acceptors (Lipinski definition) is 9. The number of carbonyl (C=O) groups is 1. The van der Waals surface area contributed by atoms with Gasteiger partial charge in [0.1, 0.15) is 0 Å². The van der Waals surface area contributed by atoms with Crippen LogP contribution in [0.1, 0.15) is 18.1 Å². The van der Waals surface area contributed by atoms with Gasteiger partial charge in [-0.15, -0.1) is 15.3 Å². The van der Waals surface area contributed by atoms with E-state index in [1.807, 2.05) is 30.3 Å². The van der Waals surface area contributed by atoms with E-state index in [1.54, 1.807) is 6.07 Å². The van der Waals surface area contributed by atoms with E-state index in [4.69, 9.17) is 16.3 Å². The maximum atomic E-state index is 12.6. The van der Waals surface area contributed by atoms with Gasteiger partial charge in [-0.1, -0.05) is 53.3 Å². The molecule has 1 aromatic carbocycles. The summed E-state index contributed by atoms with van der Waals surface area (Å²) in [6.45, 7) is 1.58. The van der Waals surface area contributed by atoms with Crippen molar-refractivity contribution in [2.24, 2.45) is 0 Å². The Morgan fingerprint density at radius 2 is 2.07 bits per heavy atom. The molecule has 1 amide bonds. The van der Waals surface area contributed by atoms with E-state index >= 15 is 0 Å². The summed E-state index contributed by atoms with van der Waals surface area (Å²) in [6.07, 6.45) is 1.71. The molecular formula is C19H20ClN7O2S. The van der Waals surface area contributed by atoms with Crippen LogP contribution in [0.4, 0.5) is 16.1 Å². The van der Waals surface area contributed by atoms with Crippen LogP contribution in [0.5, 0.6) is 0 Å². The first-order valence-corrected chi connectivity index (χ1v) is 10.5. The summed E-state index contributed by atoms with van der Waals surface area (Å²) in [5.41, 5.74) is 0.774. The zero-order valence-corrected chi connectivity index (χ0v) is 17.7. The predicted octanol–water partition coefficient (Wildman–Crippen LogP) is 3.00. The molecular weight excluding hydrogens is 426 g/mol. The molecule has 0 saturated carbocycles. The van der Waals surface area contributed by atoms with E-state index < -0.39 is 6.10 Å². The number of carbonyl (C=O) groups excluding carboxylic acids is 1. The molecule has 2 atom stereocenters. The third-order valence-corrected chi connectivity index (χ3v) is 5.66. The van der Waals surface area contributed by atoms with Crippen molar-refractivity contribution < 1.29 is 9.53 Å². The van der Waals surface area contributed by atoms with Gasteiger partial charge in [-0.05, 0) is 12.0 Å². The smallest absolute Gasteiger partial charge is 0.259 e. The fraction of sp³-hybridized carbons (Fsp3) is 0.316. The average Bonchev–Trinajstić information content (AvgIpc) is 3.39. The monoisotopic (exact) mass is 445 g/mol. The number of hydrogen-bond donors (Lipinski definition) is 2. The minimum absolute atomic E-state index is 0.179. The van der Waals surface area contributed by atoms with Gasteiger partial charge in [0.05, 0.1) is 11.2 Å². The molecule has 0 aliphatic carbocycles. The Labute approximate surface area is 182 Å². The van der Waals surface area contributed by atoms with E-state index in [9.17, 15) is 4.79 Å². The van der Waals surface area contributed by atoms with Crippen LogP contribution >= 0.6 is 22.9 Å². The molecule has 2 N–H and O–H groups in total. The van der Waals surface area contributed by atoms with Crippen molar-refractivity contribution in [1.29, 1.82) is 0 Å². The third kappa shape index (κ3) is 4.84. The number of nitrogens with zero attached hydrogens (tertiary/aromatic N) is 5. The first kappa shape index (κ1) is 20.5. The first-order chi connectivity index (χ1) is 14.6. The quantitative estimate of drug-likeness (QED) is 0.571. The molecule has 3 aromatic rings. The second-order valence-electron chi connectivity index (χ2n) is 6.74. The lowest BCUT2D eigenvalue weighted by molar-refractivity contribution is -0.126. The lowest BCUT2D eigenvalue weighted by Crippen LogP contribution is -2.26. The van der Waals surface area contributed by atoms with Crippen LogP contribution in [-0.2, 0) is 9.53 Å². The number of methoxy groups -OCH3 is 1. The van der Waals surface area contributed by atoms with Crippen LogP contribution < -0.4 is 15.5 Å². The van der Waals surface area contributed by atoms with Crippen molar-refractivity contribution in [2.75, 3.05) is 35.7 Å². The topological polar surface area (TPSA) is 105 Å². The van der Waals surface area contributed by atoms with Crippen molar-refractivity contribution in [2.45, 2.75) is 18.6 Å². The zero-order chi connectivity index (χ0) is 20.9. The number of ether oxygens (including phenoxy) is 1. The molecule has 1 aliphatic heterocycles. The molecule has 1 saturated heterocycles. The summed E-state index contributed by atoms with van der Waals surface area (Å²) < 4.78 is 5.35. The van der Waals surface area contributed by atoms with E-state index in [0.29, 0.717) is 15.3 Å². The van der Waals surface area contributed by atoms with Gasteiger partial charge >= 0.3 is 0 Å². The Morgan fingerprint density at radius 1 is 1.27 bits per heavy atom. The van der Waals surface area contributed by atoms with Crippen molar-refractivity contribution in [3.05, 3.63) is 53.2 Å². The fourth-order valence-electron chi connectivity index (χ4n) is 3.27. The second kappa shape index (κ2) is 9.33. The minimum atomic E-state index is -0.714. The van der Waals surface area contributed by atoms with Gasteiger partial charge in [0.25, 0.3) is 5.91 Å². The Hall–Kier alpha value is -2.82. The minimum Gasteiger partial charge on any atom is -0.367 e. The van der Waals surface area contributed by atoms with E-state index in [0.717, 1.165) is 30.9 Å². The molecule has 1 unspecified atom stereocenters. The average molecular weight is 446 g/mol. The van der Waals surface area contributed by atoms with Crippen molar-refractivity contribution in [3.63, 3.8) is 0 Å². The number of aromatic nitrogens is 4. The number of halogens is 1. The Morgan fingerprint density at radius 3 is 2.83 bits per heavy atom. The molecule has 1 aliphatic rings. The molecule has 156 valence electrons. The molecule has 0 spiro atoms. The summed E-state index contributed by atoms with van der Waals surface area (Å²) >= 11 is 7.28. The number of anilines is 3. The highest BCUT2D eigenvalue weighted by atomic mass is 35.5. The van der Waals surface area contributed by atoms with Crippen molar-refractivity contribution in [3.8, 4) is 0 Å². The molecule has 0 radical (unpaired) electrons. The van der Waals surface area contributed by atoms with Crippen molar-refractivity contribution >= 4 is 44.9 Å². The Bertz CT molecular complexity index is 1000. The third-order valence-electron chi connectivity index (χ3n) is 4.68. The van der Waals surface area contributed by atoms with Gasteiger partial charge in [0.15, 0.2) is 11.9 Å². The number of rotatable bonds is 7. The summed E-state index contributed by atoms with van der Waals surface area (Å²) in [4.78, 5) is 14.7. The highest BCUT2D eigenvalue weighted by Gasteiger charge is 2.25. The number of amides is 1. The molecule has 3 heterocycles. The second-order valence-corrected chi connectivity index (χ2v) is 8.15. The van der Waals surface area contributed by atoms with Gasteiger partial charge in [-0.2, -0.15) is 5.10 Å². The normalized spacial score (nSPS) is 17.0. The van der Waals surface area contributed by atoms with E-state index in [2.05, 4.69) is 35.9 Å². The first-order valence-electron chi connectivity index (χ1n) is 9.34. The van der Waals surface area contributed by atoms with Crippen LogP contribution in [0, 0.1) is 0 Å².